The predicted octanol–water partition coefficient (Wildman–Crippen LogP) is 13.4. The third-order valence-corrected chi connectivity index (χ3v) is 11.1. The van der Waals surface area contributed by atoms with Crippen LogP contribution in [-0.4, -0.2) is 15.0 Å². The van der Waals surface area contributed by atoms with Gasteiger partial charge in [-0.25, -0.2) is 9.97 Å². The van der Waals surface area contributed by atoms with Gasteiger partial charge in [-0.3, -0.25) is 4.98 Å². The second-order valence-electron chi connectivity index (χ2n) is 13.3. The molecule has 0 bridgehead atoms. The van der Waals surface area contributed by atoms with Gasteiger partial charge in [-0.1, -0.05) is 133 Å². The molecule has 0 atom stereocenters. The molecule has 0 saturated heterocycles. The van der Waals surface area contributed by atoms with E-state index in [1.165, 1.54) is 31.1 Å². The van der Waals surface area contributed by atoms with Crippen LogP contribution in [0, 0.1) is 0 Å². The highest BCUT2D eigenvalue weighted by Gasteiger charge is 2.17. The molecule has 0 N–H and O–H groups in total. The molecule has 0 fully saturated rings. The molecule has 0 spiro atoms. The van der Waals surface area contributed by atoms with Crippen LogP contribution in [0.2, 0.25) is 0 Å². The Morgan fingerprint density at radius 2 is 1.00 bits per heavy atom. The summed E-state index contributed by atoms with van der Waals surface area (Å²) in [6.45, 7) is 0. The van der Waals surface area contributed by atoms with Crippen LogP contribution in [-0.2, 0) is 0 Å². The van der Waals surface area contributed by atoms with E-state index >= 15 is 0 Å². The van der Waals surface area contributed by atoms with E-state index in [9.17, 15) is 0 Å². The molecular weight excluding hydrogens is 663 g/mol. The van der Waals surface area contributed by atoms with Crippen LogP contribution in [0.4, 0.5) is 0 Å². The van der Waals surface area contributed by atoms with E-state index in [2.05, 4.69) is 170 Å². The van der Waals surface area contributed by atoms with Crippen molar-refractivity contribution in [2.45, 2.75) is 0 Å². The van der Waals surface area contributed by atoms with Gasteiger partial charge in [0.05, 0.1) is 21.6 Å². The number of benzene rings is 7. The Morgan fingerprint density at radius 3 is 1.85 bits per heavy atom. The minimum Gasteiger partial charge on any atom is -0.255 e. The number of fused-ring (bicyclic) bond motifs is 4. The van der Waals surface area contributed by atoms with Crippen molar-refractivity contribution in [3.63, 3.8) is 0 Å². The zero-order valence-electron chi connectivity index (χ0n) is 28.6. The van der Waals surface area contributed by atoms with E-state index in [1.807, 2.05) is 18.3 Å². The van der Waals surface area contributed by atoms with Gasteiger partial charge in [0.2, 0.25) is 0 Å². The summed E-state index contributed by atoms with van der Waals surface area (Å²) in [5.41, 5.74) is 12.6. The van der Waals surface area contributed by atoms with Crippen molar-refractivity contribution in [1.29, 1.82) is 0 Å². The zero-order chi connectivity index (χ0) is 35.1. The van der Waals surface area contributed by atoms with Crippen LogP contribution in [0.1, 0.15) is 0 Å². The summed E-state index contributed by atoms with van der Waals surface area (Å²) in [6.07, 6.45) is 1.93. The average Bonchev–Trinajstić information content (AvgIpc) is 3.63. The van der Waals surface area contributed by atoms with Crippen molar-refractivity contribution >= 4 is 42.4 Å². The van der Waals surface area contributed by atoms with Crippen LogP contribution in [0.3, 0.4) is 0 Å². The molecule has 10 rings (SSSR count). The van der Waals surface area contributed by atoms with Gasteiger partial charge >= 0.3 is 0 Å². The molecule has 4 heteroatoms. The second kappa shape index (κ2) is 13.1. The second-order valence-corrected chi connectivity index (χ2v) is 14.3. The lowest BCUT2D eigenvalue weighted by atomic mass is 9.94. The van der Waals surface area contributed by atoms with Crippen LogP contribution in [0.25, 0.3) is 98.4 Å². The van der Waals surface area contributed by atoms with Gasteiger partial charge in [0, 0.05) is 38.5 Å². The van der Waals surface area contributed by atoms with Gasteiger partial charge in [0.1, 0.15) is 0 Å². The lowest BCUT2D eigenvalue weighted by molar-refractivity contribution is 1.18. The van der Waals surface area contributed by atoms with Gasteiger partial charge in [0.25, 0.3) is 0 Å². The normalized spacial score (nSPS) is 11.4. The molecular formula is C49H31N3S. The third-order valence-electron chi connectivity index (χ3n) is 9.90. The monoisotopic (exact) mass is 693 g/mol. The molecule has 0 aliphatic rings. The first kappa shape index (κ1) is 31.0. The summed E-state index contributed by atoms with van der Waals surface area (Å²) >= 11 is 1.79. The summed E-state index contributed by atoms with van der Waals surface area (Å²) in [4.78, 5) is 15.5. The van der Waals surface area contributed by atoms with E-state index < -0.39 is 0 Å². The summed E-state index contributed by atoms with van der Waals surface area (Å²) in [7, 11) is 0. The number of aromatic nitrogens is 3. The number of hydrogen-bond donors (Lipinski definition) is 0. The zero-order valence-corrected chi connectivity index (χ0v) is 29.5. The maximum atomic E-state index is 5.33. The molecule has 0 saturated carbocycles. The molecule has 7 aromatic carbocycles. The van der Waals surface area contributed by atoms with Crippen molar-refractivity contribution in [2.24, 2.45) is 0 Å². The molecule has 0 unspecified atom stereocenters. The first-order chi connectivity index (χ1) is 26.2. The smallest absolute Gasteiger partial charge is 0.160 e. The highest BCUT2D eigenvalue weighted by molar-refractivity contribution is 7.26. The third kappa shape index (κ3) is 5.85. The van der Waals surface area contributed by atoms with Gasteiger partial charge in [0.15, 0.2) is 5.82 Å². The van der Waals surface area contributed by atoms with Crippen molar-refractivity contribution in [2.75, 3.05) is 0 Å². The first-order valence-electron chi connectivity index (χ1n) is 17.8. The minimum atomic E-state index is 0.678. The SMILES string of the molecule is c1ccc(-c2cccc(-c3cc(-c4ccccc4)nc(-c4cc(-c5ccc6ccccc6c5)cc(-c5ccnc6c5sc5ccccc56)c4)n3)c2)cc1. The fourth-order valence-electron chi connectivity index (χ4n) is 7.25. The molecule has 3 heterocycles. The van der Waals surface area contributed by atoms with Crippen LogP contribution in [0.5, 0.6) is 0 Å². The Bertz CT molecular complexity index is 2950. The highest BCUT2D eigenvalue weighted by atomic mass is 32.1. The fraction of sp³-hybridized carbons (Fsp3) is 0. The minimum absolute atomic E-state index is 0.678. The standard InChI is InChI=1S/C49H31N3S/c1-3-12-32(13-4-1)36-18-11-19-38(27-36)45-31-44(34-15-5-2-6-16-34)51-49(52-45)41-29-39(37-23-22-33-14-7-8-17-35(33)26-37)28-40(30-41)42-24-25-50-47-43-20-9-10-21-46(43)53-48(42)47/h1-31H. The quantitative estimate of drug-likeness (QED) is 0.174. The molecule has 248 valence electrons. The molecule has 10 aromatic rings. The molecule has 53 heavy (non-hydrogen) atoms. The van der Waals surface area contributed by atoms with Crippen molar-refractivity contribution in [1.82, 2.24) is 15.0 Å². The molecule has 3 aromatic heterocycles. The number of nitrogens with zero attached hydrogens (tertiary/aromatic N) is 3. The molecule has 0 aliphatic carbocycles. The van der Waals surface area contributed by atoms with Crippen molar-refractivity contribution in [3.05, 3.63) is 188 Å². The van der Waals surface area contributed by atoms with E-state index in [0.29, 0.717) is 5.82 Å². The Balaban J connectivity index is 1.21. The Morgan fingerprint density at radius 1 is 0.377 bits per heavy atom. The number of pyridine rings is 1. The van der Waals surface area contributed by atoms with E-state index in [1.54, 1.807) is 11.3 Å². The number of thiophene rings is 1. The lowest BCUT2D eigenvalue weighted by Gasteiger charge is -2.14. The predicted molar refractivity (Wildman–Crippen MR) is 223 cm³/mol. The van der Waals surface area contributed by atoms with Gasteiger partial charge in [-0.05, 0) is 87.1 Å². The largest absolute Gasteiger partial charge is 0.255 e. The maximum Gasteiger partial charge on any atom is 0.160 e. The Kier molecular flexibility index (Phi) is 7.67. The summed E-state index contributed by atoms with van der Waals surface area (Å²) < 4.78 is 2.40. The van der Waals surface area contributed by atoms with E-state index in [0.717, 1.165) is 61.4 Å². The molecule has 3 nitrogen and oxygen atoms in total. The number of hydrogen-bond acceptors (Lipinski definition) is 4. The maximum absolute atomic E-state index is 5.33. The van der Waals surface area contributed by atoms with Crippen LogP contribution in [0.15, 0.2) is 188 Å². The lowest BCUT2D eigenvalue weighted by Crippen LogP contribution is -1.97. The molecule has 0 amide bonds. The fourth-order valence-corrected chi connectivity index (χ4v) is 8.45. The van der Waals surface area contributed by atoms with Gasteiger partial charge < -0.3 is 0 Å². The molecule has 0 aliphatic heterocycles. The summed E-state index contributed by atoms with van der Waals surface area (Å²) in [5.74, 6) is 0.678. The highest BCUT2D eigenvalue weighted by Crippen LogP contribution is 2.41. The summed E-state index contributed by atoms with van der Waals surface area (Å²) in [6, 6.07) is 64.3. The summed E-state index contributed by atoms with van der Waals surface area (Å²) in [5, 5.41) is 3.60. The van der Waals surface area contributed by atoms with E-state index in [4.69, 9.17) is 15.0 Å². The topological polar surface area (TPSA) is 38.7 Å². The van der Waals surface area contributed by atoms with Crippen molar-refractivity contribution in [3.8, 4) is 67.3 Å². The van der Waals surface area contributed by atoms with Crippen LogP contribution < -0.4 is 0 Å². The van der Waals surface area contributed by atoms with E-state index in [-0.39, 0.29) is 0 Å². The van der Waals surface area contributed by atoms with Crippen LogP contribution >= 0.6 is 11.3 Å². The van der Waals surface area contributed by atoms with Crippen molar-refractivity contribution < 1.29 is 0 Å². The number of rotatable bonds is 6. The Hall–Kier alpha value is -6.75. The Labute approximate surface area is 311 Å². The average molecular weight is 694 g/mol. The van der Waals surface area contributed by atoms with Gasteiger partial charge in [-0.2, -0.15) is 0 Å². The van der Waals surface area contributed by atoms with Gasteiger partial charge in [-0.15, -0.1) is 11.3 Å². The first-order valence-corrected chi connectivity index (χ1v) is 18.6. The molecule has 0 radical (unpaired) electrons.